The summed E-state index contributed by atoms with van der Waals surface area (Å²) in [7, 11) is 1.17. The molecule has 0 saturated carbocycles. The van der Waals surface area contributed by atoms with E-state index in [1.165, 1.54) is 49.2 Å². The van der Waals surface area contributed by atoms with Gasteiger partial charge in [-0.15, -0.1) is 11.8 Å². The van der Waals surface area contributed by atoms with Crippen LogP contribution in [-0.4, -0.2) is 57.6 Å². The smallest absolute Gasteiger partial charge is 0.356 e. The SMILES string of the molecule is COC(=O)c1cc(SCCNC(=O)c2cc3cccc(O)c3cc2O)cc(C(=O)O)n1. The van der Waals surface area contributed by atoms with Gasteiger partial charge < -0.3 is 25.4 Å². The van der Waals surface area contributed by atoms with Gasteiger partial charge in [-0.3, -0.25) is 4.79 Å². The first kappa shape index (κ1) is 21.9. The summed E-state index contributed by atoms with van der Waals surface area (Å²) in [6.45, 7) is 0.208. The Hall–Kier alpha value is -3.79. The van der Waals surface area contributed by atoms with Gasteiger partial charge in [0.25, 0.3) is 5.91 Å². The Balaban J connectivity index is 1.66. The minimum Gasteiger partial charge on any atom is -0.507 e. The first-order valence-electron chi connectivity index (χ1n) is 8.99. The number of hydrogen-bond acceptors (Lipinski definition) is 8. The standard InChI is InChI=1S/C21H18N2O7S/c1-30-21(29)16-9-12(8-15(23-16)20(27)28)31-6-5-22-19(26)14-7-11-3-2-4-17(24)13(11)10-18(14)25/h2-4,7-10,24-25H,5-6H2,1H3,(H,22,26)(H,27,28). The number of phenols is 2. The van der Waals surface area contributed by atoms with E-state index in [0.29, 0.717) is 21.4 Å². The molecule has 0 bridgehead atoms. The maximum Gasteiger partial charge on any atom is 0.356 e. The van der Waals surface area contributed by atoms with Crippen LogP contribution in [0.3, 0.4) is 0 Å². The maximum atomic E-state index is 12.4. The number of aromatic nitrogens is 1. The molecule has 0 aliphatic carbocycles. The fraction of sp³-hybridized carbons (Fsp3) is 0.143. The van der Waals surface area contributed by atoms with E-state index >= 15 is 0 Å². The van der Waals surface area contributed by atoms with Crippen molar-refractivity contribution in [3.8, 4) is 11.5 Å². The molecule has 3 aromatic rings. The number of amides is 1. The van der Waals surface area contributed by atoms with E-state index in [9.17, 15) is 24.6 Å². The molecule has 1 amide bonds. The molecule has 160 valence electrons. The summed E-state index contributed by atoms with van der Waals surface area (Å²) in [5.41, 5.74) is -0.356. The summed E-state index contributed by atoms with van der Waals surface area (Å²) in [4.78, 5) is 39.6. The van der Waals surface area contributed by atoms with Crippen molar-refractivity contribution in [1.29, 1.82) is 0 Å². The molecule has 2 aromatic carbocycles. The third kappa shape index (κ3) is 5.04. The minimum atomic E-state index is -1.28. The van der Waals surface area contributed by atoms with Gasteiger partial charge in [-0.25, -0.2) is 14.6 Å². The highest BCUT2D eigenvalue weighted by molar-refractivity contribution is 7.99. The molecule has 0 aliphatic heterocycles. The number of nitrogens with one attached hydrogen (secondary N) is 1. The van der Waals surface area contributed by atoms with Crippen LogP contribution in [0.5, 0.6) is 11.5 Å². The molecular weight excluding hydrogens is 424 g/mol. The summed E-state index contributed by atoms with van der Waals surface area (Å²) in [6.07, 6.45) is 0. The fourth-order valence-electron chi connectivity index (χ4n) is 2.82. The molecule has 4 N–H and O–H groups in total. The number of ether oxygens (including phenoxy) is 1. The lowest BCUT2D eigenvalue weighted by Gasteiger charge is -2.10. The number of hydrogen-bond donors (Lipinski definition) is 4. The number of thioether (sulfide) groups is 1. The molecule has 0 spiro atoms. The minimum absolute atomic E-state index is 0.000521. The molecule has 3 rings (SSSR count). The van der Waals surface area contributed by atoms with Crippen LogP contribution < -0.4 is 5.32 Å². The van der Waals surface area contributed by atoms with Gasteiger partial charge in [0.05, 0.1) is 12.7 Å². The van der Waals surface area contributed by atoms with Gasteiger partial charge in [0, 0.05) is 22.6 Å². The van der Waals surface area contributed by atoms with Gasteiger partial charge in [-0.1, -0.05) is 12.1 Å². The second kappa shape index (κ2) is 9.35. The van der Waals surface area contributed by atoms with Crippen molar-refractivity contribution in [3.05, 3.63) is 59.4 Å². The quantitative estimate of drug-likeness (QED) is 0.246. The predicted molar refractivity (Wildman–Crippen MR) is 113 cm³/mol. The van der Waals surface area contributed by atoms with Crippen molar-refractivity contribution in [3.63, 3.8) is 0 Å². The van der Waals surface area contributed by atoms with Crippen molar-refractivity contribution >= 4 is 40.4 Å². The molecule has 0 saturated heterocycles. The molecule has 0 aliphatic rings. The molecule has 1 heterocycles. The summed E-state index contributed by atoms with van der Waals surface area (Å²) >= 11 is 1.22. The molecule has 0 unspecified atom stereocenters. The van der Waals surface area contributed by atoms with Crippen LogP contribution in [0.2, 0.25) is 0 Å². The lowest BCUT2D eigenvalue weighted by Crippen LogP contribution is -2.25. The van der Waals surface area contributed by atoms with Gasteiger partial charge in [0.15, 0.2) is 0 Å². The average Bonchev–Trinajstić information content (AvgIpc) is 2.76. The van der Waals surface area contributed by atoms with E-state index in [1.807, 2.05) is 0 Å². The topological polar surface area (TPSA) is 146 Å². The van der Waals surface area contributed by atoms with E-state index in [-0.39, 0.29) is 35.0 Å². The first-order chi connectivity index (χ1) is 14.8. The van der Waals surface area contributed by atoms with Gasteiger partial charge in [-0.2, -0.15) is 0 Å². The molecule has 31 heavy (non-hydrogen) atoms. The van der Waals surface area contributed by atoms with E-state index in [2.05, 4.69) is 15.0 Å². The number of pyridine rings is 1. The highest BCUT2D eigenvalue weighted by Crippen LogP contribution is 2.30. The molecule has 1 aromatic heterocycles. The molecular formula is C21H18N2O7S. The number of methoxy groups -OCH3 is 1. The van der Waals surface area contributed by atoms with Gasteiger partial charge >= 0.3 is 11.9 Å². The van der Waals surface area contributed by atoms with Crippen LogP contribution in [0.4, 0.5) is 0 Å². The van der Waals surface area contributed by atoms with Crippen molar-refractivity contribution in [2.24, 2.45) is 0 Å². The Bertz CT molecular complexity index is 1180. The van der Waals surface area contributed by atoms with Crippen LogP contribution in [0.15, 0.2) is 47.4 Å². The number of benzene rings is 2. The highest BCUT2D eigenvalue weighted by Gasteiger charge is 2.16. The zero-order chi connectivity index (χ0) is 22.5. The summed E-state index contributed by atoms with van der Waals surface area (Å²) in [6, 6.07) is 10.4. The Labute approximate surface area is 180 Å². The Kier molecular flexibility index (Phi) is 6.61. The van der Waals surface area contributed by atoms with Crippen LogP contribution in [-0.2, 0) is 4.74 Å². The zero-order valence-electron chi connectivity index (χ0n) is 16.3. The van der Waals surface area contributed by atoms with Gasteiger partial charge in [0.2, 0.25) is 0 Å². The Morgan fingerprint density at radius 1 is 1.06 bits per heavy atom. The predicted octanol–water partition coefficient (Wildman–Crippen LogP) is 2.65. The first-order valence-corrected chi connectivity index (χ1v) is 9.98. The molecule has 10 heteroatoms. The number of phenolic OH excluding ortho intramolecular Hbond substituents is 2. The summed E-state index contributed by atoms with van der Waals surface area (Å²) in [5.74, 6) is -2.43. The molecule has 9 nitrogen and oxygen atoms in total. The zero-order valence-corrected chi connectivity index (χ0v) is 17.1. The fourth-order valence-corrected chi connectivity index (χ4v) is 3.65. The van der Waals surface area contributed by atoms with E-state index < -0.39 is 17.8 Å². The largest absolute Gasteiger partial charge is 0.507 e. The van der Waals surface area contributed by atoms with Crippen molar-refractivity contribution in [2.45, 2.75) is 4.90 Å². The summed E-state index contributed by atoms with van der Waals surface area (Å²) < 4.78 is 4.58. The van der Waals surface area contributed by atoms with Crippen LogP contribution in [0.25, 0.3) is 10.8 Å². The lowest BCUT2D eigenvalue weighted by atomic mass is 10.0. The number of aromatic carboxylic acids is 1. The second-order valence-electron chi connectivity index (χ2n) is 6.34. The van der Waals surface area contributed by atoms with E-state index in [1.54, 1.807) is 12.1 Å². The van der Waals surface area contributed by atoms with Crippen LogP contribution in [0.1, 0.15) is 31.3 Å². The van der Waals surface area contributed by atoms with Crippen LogP contribution >= 0.6 is 11.8 Å². The number of nitrogens with zero attached hydrogens (tertiary/aromatic N) is 1. The number of carboxylic acids is 1. The average molecular weight is 442 g/mol. The second-order valence-corrected chi connectivity index (χ2v) is 7.51. The van der Waals surface area contributed by atoms with E-state index in [0.717, 1.165) is 0 Å². The molecule has 0 atom stereocenters. The van der Waals surface area contributed by atoms with Crippen LogP contribution in [0, 0.1) is 0 Å². The number of esters is 1. The van der Waals surface area contributed by atoms with Crippen molar-refractivity contribution < 1.29 is 34.4 Å². The number of carbonyl (C=O) groups excluding carboxylic acids is 2. The Morgan fingerprint density at radius 3 is 2.52 bits per heavy atom. The number of carboxylic acid groups (broad SMARTS) is 1. The third-order valence-corrected chi connectivity index (χ3v) is 5.26. The highest BCUT2D eigenvalue weighted by atomic mass is 32.2. The third-order valence-electron chi connectivity index (χ3n) is 4.29. The van der Waals surface area contributed by atoms with E-state index in [4.69, 9.17) is 5.11 Å². The number of aromatic hydroxyl groups is 2. The van der Waals surface area contributed by atoms with Gasteiger partial charge in [0.1, 0.15) is 22.9 Å². The maximum absolute atomic E-state index is 12.4. The molecule has 0 radical (unpaired) electrons. The lowest BCUT2D eigenvalue weighted by molar-refractivity contribution is 0.0593. The van der Waals surface area contributed by atoms with Gasteiger partial charge in [-0.05, 0) is 35.7 Å². The normalized spacial score (nSPS) is 10.6. The Morgan fingerprint density at radius 2 is 1.81 bits per heavy atom. The number of fused-ring (bicyclic) bond motifs is 1. The number of carbonyl (C=O) groups is 3. The summed E-state index contributed by atoms with van der Waals surface area (Å²) in [5, 5.41) is 32.8. The monoisotopic (exact) mass is 442 g/mol. The van der Waals surface area contributed by atoms with Crippen molar-refractivity contribution in [2.75, 3.05) is 19.4 Å². The number of rotatable bonds is 7. The molecule has 0 fully saturated rings. The van der Waals surface area contributed by atoms with Crippen molar-refractivity contribution in [1.82, 2.24) is 10.3 Å².